The summed E-state index contributed by atoms with van der Waals surface area (Å²) in [6.07, 6.45) is 5.00. The fourth-order valence-corrected chi connectivity index (χ4v) is 3.99. The number of fused-ring (bicyclic) bond motifs is 1. The van der Waals surface area contributed by atoms with Crippen molar-refractivity contribution in [2.45, 2.75) is 18.3 Å². The molecule has 0 amide bonds. The second-order valence-electron chi connectivity index (χ2n) is 6.22. The highest BCUT2D eigenvalue weighted by Crippen LogP contribution is 2.40. The minimum atomic E-state index is -0.138. The van der Waals surface area contributed by atoms with Crippen molar-refractivity contribution < 1.29 is 4.74 Å². The molecule has 3 heterocycles. The lowest BCUT2D eigenvalue weighted by molar-refractivity contribution is 0.0544. The Balaban J connectivity index is 1.66. The Kier molecular flexibility index (Phi) is 4.50. The number of H-pyrrole nitrogens is 1. The third-order valence-electron chi connectivity index (χ3n) is 4.79. The maximum absolute atomic E-state index is 6.52. The summed E-state index contributed by atoms with van der Waals surface area (Å²) in [5.74, 6) is 0.759. The van der Waals surface area contributed by atoms with E-state index in [0.717, 1.165) is 29.6 Å². The van der Waals surface area contributed by atoms with Crippen molar-refractivity contribution in [2.24, 2.45) is 0 Å². The highest BCUT2D eigenvalue weighted by atomic mass is 35.5. The Morgan fingerprint density at radius 2 is 2.04 bits per heavy atom. The van der Waals surface area contributed by atoms with Crippen molar-refractivity contribution in [1.82, 2.24) is 20.2 Å². The van der Waals surface area contributed by atoms with Crippen molar-refractivity contribution in [3.8, 4) is 0 Å². The molecule has 8 heteroatoms. The maximum atomic E-state index is 6.52. The Hall–Kier alpha value is -1.89. The number of nitrogens with zero attached hydrogens (tertiary/aromatic N) is 3. The Morgan fingerprint density at radius 1 is 1.20 bits per heavy atom. The van der Waals surface area contributed by atoms with Gasteiger partial charge < -0.3 is 10.1 Å². The van der Waals surface area contributed by atoms with Gasteiger partial charge in [0.2, 0.25) is 0 Å². The van der Waals surface area contributed by atoms with Crippen LogP contribution in [0.5, 0.6) is 0 Å². The summed E-state index contributed by atoms with van der Waals surface area (Å²) in [7, 11) is 0. The monoisotopic (exact) mass is 377 g/mol. The second kappa shape index (κ2) is 6.78. The number of hydrogen-bond donors (Lipinski definition) is 2. The predicted octanol–water partition coefficient (Wildman–Crippen LogP) is 3.82. The number of aromatic amines is 1. The first-order valence-corrected chi connectivity index (χ1v) is 8.85. The van der Waals surface area contributed by atoms with Crippen LogP contribution in [-0.4, -0.2) is 39.9 Å². The summed E-state index contributed by atoms with van der Waals surface area (Å²) in [5.41, 5.74) is 1.66. The number of ether oxygens (including phenoxy) is 1. The maximum Gasteiger partial charge on any atom is 0.160 e. The normalized spacial score (nSPS) is 16.9. The molecule has 0 atom stereocenters. The van der Waals surface area contributed by atoms with Gasteiger partial charge in [-0.2, -0.15) is 5.10 Å². The van der Waals surface area contributed by atoms with Crippen molar-refractivity contribution >= 4 is 40.1 Å². The van der Waals surface area contributed by atoms with Crippen molar-refractivity contribution in [2.75, 3.05) is 25.1 Å². The first-order chi connectivity index (χ1) is 12.2. The minimum Gasteiger partial charge on any atom is -0.381 e. The first kappa shape index (κ1) is 16.6. The van der Waals surface area contributed by atoms with E-state index in [2.05, 4.69) is 25.5 Å². The quantitative estimate of drug-likeness (QED) is 0.722. The highest BCUT2D eigenvalue weighted by Gasteiger charge is 2.36. The Labute approximate surface area is 154 Å². The van der Waals surface area contributed by atoms with E-state index in [4.69, 9.17) is 27.9 Å². The summed E-state index contributed by atoms with van der Waals surface area (Å²) in [6, 6.07) is 5.71. The third-order valence-corrected chi connectivity index (χ3v) is 5.34. The van der Waals surface area contributed by atoms with E-state index in [1.807, 2.05) is 12.1 Å². The van der Waals surface area contributed by atoms with Crippen LogP contribution in [0.3, 0.4) is 0 Å². The van der Waals surface area contributed by atoms with Gasteiger partial charge in [0, 0.05) is 35.2 Å². The van der Waals surface area contributed by atoms with E-state index in [9.17, 15) is 0 Å². The number of hydrogen-bond acceptors (Lipinski definition) is 5. The van der Waals surface area contributed by atoms with Gasteiger partial charge in [0.25, 0.3) is 0 Å². The van der Waals surface area contributed by atoms with Crippen LogP contribution in [0.2, 0.25) is 10.0 Å². The molecular formula is C17H17Cl2N5O. The zero-order chi connectivity index (χ0) is 17.3. The lowest BCUT2D eigenvalue weighted by Gasteiger charge is -2.38. The predicted molar refractivity (Wildman–Crippen MR) is 98.4 cm³/mol. The SMILES string of the molecule is Clc1ccc(C2(CNc3ncnc4[nH]ncc34)CCOCC2)c(Cl)c1. The molecule has 130 valence electrons. The summed E-state index contributed by atoms with van der Waals surface area (Å²) in [6.45, 7) is 2.09. The largest absolute Gasteiger partial charge is 0.381 e. The Morgan fingerprint density at radius 3 is 2.84 bits per heavy atom. The van der Waals surface area contributed by atoms with Gasteiger partial charge in [-0.25, -0.2) is 9.97 Å². The average molecular weight is 378 g/mol. The van der Waals surface area contributed by atoms with E-state index in [0.29, 0.717) is 35.5 Å². The molecule has 0 radical (unpaired) electrons. The summed E-state index contributed by atoms with van der Waals surface area (Å²) >= 11 is 12.6. The topological polar surface area (TPSA) is 75.7 Å². The lowest BCUT2D eigenvalue weighted by atomic mass is 9.74. The molecule has 1 aromatic carbocycles. The minimum absolute atomic E-state index is 0.138. The summed E-state index contributed by atoms with van der Waals surface area (Å²) in [4.78, 5) is 8.53. The van der Waals surface area contributed by atoms with Crippen molar-refractivity contribution in [3.63, 3.8) is 0 Å². The number of benzene rings is 1. The van der Waals surface area contributed by atoms with Crippen LogP contribution in [0, 0.1) is 0 Å². The molecule has 0 saturated carbocycles. The molecule has 0 unspecified atom stereocenters. The van der Waals surface area contributed by atoms with E-state index >= 15 is 0 Å². The number of anilines is 1. The number of halogens is 2. The molecule has 4 rings (SSSR count). The van der Waals surface area contributed by atoms with E-state index < -0.39 is 0 Å². The summed E-state index contributed by atoms with van der Waals surface area (Å²) < 4.78 is 5.58. The zero-order valence-electron chi connectivity index (χ0n) is 13.4. The summed E-state index contributed by atoms with van der Waals surface area (Å²) in [5, 5.41) is 12.6. The van der Waals surface area contributed by atoms with Gasteiger partial charge in [-0.1, -0.05) is 29.3 Å². The highest BCUT2D eigenvalue weighted by molar-refractivity contribution is 6.35. The molecule has 0 aliphatic carbocycles. The number of nitrogens with one attached hydrogen (secondary N) is 2. The van der Waals surface area contributed by atoms with Gasteiger partial charge in [-0.3, -0.25) is 5.10 Å². The molecule has 1 aliphatic rings. The zero-order valence-corrected chi connectivity index (χ0v) is 14.9. The van der Waals surface area contributed by atoms with Gasteiger partial charge in [0.1, 0.15) is 12.1 Å². The molecule has 25 heavy (non-hydrogen) atoms. The molecule has 2 aromatic heterocycles. The molecule has 3 aromatic rings. The molecule has 0 spiro atoms. The molecule has 1 saturated heterocycles. The van der Waals surface area contributed by atoms with E-state index in [1.165, 1.54) is 6.33 Å². The fraction of sp³-hybridized carbons (Fsp3) is 0.353. The number of aromatic nitrogens is 4. The van der Waals surface area contributed by atoms with Crippen LogP contribution in [0.25, 0.3) is 11.0 Å². The average Bonchev–Trinajstić information content (AvgIpc) is 3.10. The first-order valence-electron chi connectivity index (χ1n) is 8.09. The van der Waals surface area contributed by atoms with Gasteiger partial charge >= 0.3 is 0 Å². The molecule has 2 N–H and O–H groups in total. The van der Waals surface area contributed by atoms with Gasteiger partial charge in [-0.15, -0.1) is 0 Å². The molecule has 1 aliphatic heterocycles. The smallest absolute Gasteiger partial charge is 0.160 e. The lowest BCUT2D eigenvalue weighted by Crippen LogP contribution is -2.40. The van der Waals surface area contributed by atoms with Gasteiger partial charge in [-0.05, 0) is 30.5 Å². The fourth-order valence-electron chi connectivity index (χ4n) is 3.38. The molecular weight excluding hydrogens is 361 g/mol. The van der Waals surface area contributed by atoms with Crippen molar-refractivity contribution in [1.29, 1.82) is 0 Å². The van der Waals surface area contributed by atoms with Gasteiger partial charge in [0.05, 0.1) is 11.6 Å². The van der Waals surface area contributed by atoms with Crippen LogP contribution in [0.15, 0.2) is 30.7 Å². The van der Waals surface area contributed by atoms with E-state index in [1.54, 1.807) is 12.3 Å². The van der Waals surface area contributed by atoms with Crippen molar-refractivity contribution in [3.05, 3.63) is 46.3 Å². The standard InChI is InChI=1S/C17H17Cl2N5O/c18-11-1-2-13(14(19)7-11)17(3-5-25-6-4-17)9-20-15-12-8-23-24-16(12)22-10-21-15/h1-2,7-8,10H,3-6,9H2,(H2,20,21,22,23,24). The third kappa shape index (κ3) is 3.17. The molecule has 1 fully saturated rings. The van der Waals surface area contributed by atoms with Crippen LogP contribution >= 0.6 is 23.2 Å². The van der Waals surface area contributed by atoms with Crippen LogP contribution < -0.4 is 5.32 Å². The van der Waals surface area contributed by atoms with E-state index in [-0.39, 0.29) is 5.41 Å². The number of rotatable bonds is 4. The van der Waals surface area contributed by atoms with Crippen LogP contribution in [0.1, 0.15) is 18.4 Å². The van der Waals surface area contributed by atoms with Crippen LogP contribution in [0.4, 0.5) is 5.82 Å². The van der Waals surface area contributed by atoms with Crippen LogP contribution in [-0.2, 0) is 10.2 Å². The molecule has 6 nitrogen and oxygen atoms in total. The molecule has 0 bridgehead atoms. The second-order valence-corrected chi connectivity index (χ2v) is 7.07. The Bertz CT molecular complexity index is 892. The van der Waals surface area contributed by atoms with Gasteiger partial charge in [0.15, 0.2) is 5.65 Å².